The van der Waals surface area contributed by atoms with Gasteiger partial charge in [-0.25, -0.2) is 4.98 Å². The second kappa shape index (κ2) is 12.5. The fourth-order valence-electron chi connectivity index (χ4n) is 7.61. The van der Waals surface area contributed by atoms with Gasteiger partial charge in [0.25, 0.3) is 0 Å². The maximum Gasteiger partial charge on any atom is 0.149 e. The Morgan fingerprint density at radius 1 is 0.627 bits per heavy atom. The highest BCUT2D eigenvalue weighted by atomic mass is 28.3. The third kappa shape index (κ3) is 5.72. The Labute approximate surface area is 302 Å². The number of fused-ring (bicyclic) bond motifs is 4. The molecule has 2 heterocycles. The lowest BCUT2D eigenvalue weighted by Crippen LogP contribution is -2.37. The number of furan rings is 1. The number of hydrogen-bond donors (Lipinski definition) is 0. The minimum Gasteiger partial charge on any atom is -0.455 e. The molecule has 254 valence electrons. The number of rotatable bonds is 7. The Bertz CT molecular complexity index is 2530. The predicted octanol–water partition coefficient (Wildman–Crippen LogP) is 13.0. The Balaban J connectivity index is 1.39. The lowest BCUT2D eigenvalue weighted by Gasteiger charge is -2.24. The largest absolute Gasteiger partial charge is 0.455 e. The second-order valence-corrected chi connectivity index (χ2v) is 20.8. The van der Waals surface area contributed by atoms with Crippen LogP contribution < -0.4 is 5.19 Å². The number of imidazole rings is 1. The molecule has 0 saturated heterocycles. The van der Waals surface area contributed by atoms with Crippen LogP contribution >= 0.6 is 0 Å². The van der Waals surface area contributed by atoms with Gasteiger partial charge in [-0.3, -0.25) is 4.57 Å². The summed E-state index contributed by atoms with van der Waals surface area (Å²) in [7, 11) is -1.40. The molecule has 0 bridgehead atoms. The molecule has 0 fully saturated rings. The maximum absolute atomic E-state index is 6.88. The molecule has 0 radical (unpaired) electrons. The summed E-state index contributed by atoms with van der Waals surface area (Å²) in [5.74, 6) is 1.47. The van der Waals surface area contributed by atoms with E-state index in [1.54, 1.807) is 0 Å². The van der Waals surface area contributed by atoms with Gasteiger partial charge < -0.3 is 4.42 Å². The van der Waals surface area contributed by atoms with Crippen molar-refractivity contribution in [1.82, 2.24) is 9.55 Å². The molecule has 0 aliphatic carbocycles. The van der Waals surface area contributed by atoms with Crippen LogP contribution in [0.15, 0.2) is 126 Å². The molecule has 8 aromatic rings. The maximum atomic E-state index is 6.88. The van der Waals surface area contributed by atoms with E-state index < -0.39 is 8.07 Å². The van der Waals surface area contributed by atoms with E-state index in [0.717, 1.165) is 49.9 Å². The van der Waals surface area contributed by atoms with Gasteiger partial charge in [0.05, 0.1) is 30.4 Å². The molecule has 4 heteroatoms. The molecule has 0 N–H and O–H groups in total. The topological polar surface area (TPSA) is 31.0 Å². The van der Waals surface area contributed by atoms with Gasteiger partial charge in [-0.05, 0) is 100 Å². The summed E-state index contributed by atoms with van der Waals surface area (Å²) in [6, 6.07) is 44.3. The van der Waals surface area contributed by atoms with Crippen LogP contribution in [0, 0.1) is 6.92 Å². The van der Waals surface area contributed by atoms with Gasteiger partial charge in [0.2, 0.25) is 0 Å². The van der Waals surface area contributed by atoms with Crippen molar-refractivity contribution in [2.75, 3.05) is 0 Å². The van der Waals surface area contributed by atoms with E-state index in [1.165, 1.54) is 44.3 Å². The van der Waals surface area contributed by atoms with Crippen molar-refractivity contribution in [2.45, 2.75) is 66.1 Å². The number of benzene rings is 6. The quantitative estimate of drug-likeness (QED) is 0.157. The van der Waals surface area contributed by atoms with Gasteiger partial charge in [-0.2, -0.15) is 0 Å². The molecule has 3 nitrogen and oxygen atoms in total. The summed E-state index contributed by atoms with van der Waals surface area (Å²) < 4.78 is 9.30. The summed E-state index contributed by atoms with van der Waals surface area (Å²) in [6.45, 7) is 18.7. The van der Waals surface area contributed by atoms with Gasteiger partial charge in [0.1, 0.15) is 17.0 Å². The molecule has 51 heavy (non-hydrogen) atoms. The van der Waals surface area contributed by atoms with Crippen LogP contribution in [0.2, 0.25) is 19.6 Å². The highest BCUT2D eigenvalue weighted by Gasteiger charge is 2.26. The summed E-state index contributed by atoms with van der Waals surface area (Å²) in [5.41, 5.74) is 14.7. The number of aromatic nitrogens is 2. The average Bonchev–Trinajstić information content (AvgIpc) is 3.70. The molecule has 8 rings (SSSR count). The fourth-order valence-corrected chi connectivity index (χ4v) is 8.78. The van der Waals surface area contributed by atoms with Crippen LogP contribution in [0.25, 0.3) is 72.3 Å². The first-order valence-electron chi connectivity index (χ1n) is 18.3. The lowest BCUT2D eigenvalue weighted by molar-refractivity contribution is 0.669. The van der Waals surface area contributed by atoms with Crippen LogP contribution in [-0.2, 0) is 0 Å². The van der Waals surface area contributed by atoms with Crippen LogP contribution in [0.3, 0.4) is 0 Å². The SMILES string of the molecule is Cc1ccc(-c2nc3ccccc3n2-c2c(C(C)C)cc(-c3ccc([Si](C)(C)C)cc3)cc2C(C)C)c2oc3cc(-c4ccccc4)ccc3c12. The predicted molar refractivity (Wildman–Crippen MR) is 221 cm³/mol. The first kappa shape index (κ1) is 33.0. The van der Waals surface area contributed by atoms with Crippen molar-refractivity contribution in [3.8, 4) is 39.3 Å². The van der Waals surface area contributed by atoms with Crippen molar-refractivity contribution in [1.29, 1.82) is 0 Å². The summed E-state index contributed by atoms with van der Waals surface area (Å²) in [4.78, 5) is 5.40. The van der Waals surface area contributed by atoms with Crippen LogP contribution in [0.5, 0.6) is 0 Å². The van der Waals surface area contributed by atoms with E-state index in [2.05, 4.69) is 180 Å². The number of aryl methyl sites for hydroxylation is 1. The van der Waals surface area contributed by atoms with Crippen molar-refractivity contribution < 1.29 is 4.42 Å². The number of hydrogen-bond acceptors (Lipinski definition) is 2. The third-order valence-electron chi connectivity index (χ3n) is 10.5. The Kier molecular flexibility index (Phi) is 8.11. The van der Waals surface area contributed by atoms with E-state index in [-0.39, 0.29) is 11.8 Å². The molecule has 0 saturated carbocycles. The Morgan fingerprint density at radius 3 is 1.92 bits per heavy atom. The highest BCUT2D eigenvalue weighted by Crippen LogP contribution is 2.43. The summed E-state index contributed by atoms with van der Waals surface area (Å²) in [5, 5.41) is 3.75. The zero-order chi connectivity index (χ0) is 35.6. The normalized spacial score (nSPS) is 12.3. The van der Waals surface area contributed by atoms with Gasteiger partial charge in [0.15, 0.2) is 0 Å². The first-order chi connectivity index (χ1) is 24.5. The number of nitrogens with zero attached hydrogens (tertiary/aromatic N) is 2. The lowest BCUT2D eigenvalue weighted by atomic mass is 9.88. The molecule has 0 spiro atoms. The molecule has 2 aromatic heterocycles. The van der Waals surface area contributed by atoms with E-state index in [9.17, 15) is 0 Å². The van der Waals surface area contributed by atoms with E-state index >= 15 is 0 Å². The summed E-state index contributed by atoms with van der Waals surface area (Å²) >= 11 is 0. The molecule has 0 aliphatic rings. The molecule has 0 unspecified atom stereocenters. The second-order valence-electron chi connectivity index (χ2n) is 15.7. The van der Waals surface area contributed by atoms with Crippen LogP contribution in [-0.4, -0.2) is 17.6 Å². The van der Waals surface area contributed by atoms with Crippen LogP contribution in [0.4, 0.5) is 0 Å². The van der Waals surface area contributed by atoms with E-state index in [1.807, 2.05) is 0 Å². The standard InChI is InChI=1S/C47H46N2OSi/c1-29(2)39-26-35(33-19-22-36(23-20-33)51(6,7)8)27-40(30(3)4)45(39)49-42-17-13-12-16-41(42)48-47(49)38-24-18-31(5)44-37-25-21-34(28-43(37)50-46(38)44)32-14-10-9-11-15-32/h9-30H,1-8H3. The van der Waals surface area contributed by atoms with Crippen LogP contribution in [0.1, 0.15) is 56.2 Å². The minimum absolute atomic E-state index is 0.286. The molecule has 0 atom stereocenters. The van der Waals surface area contributed by atoms with Gasteiger partial charge in [-0.15, -0.1) is 0 Å². The zero-order valence-corrected chi connectivity index (χ0v) is 32.0. The molecule has 0 aliphatic heterocycles. The van der Waals surface area contributed by atoms with Crippen molar-refractivity contribution in [3.63, 3.8) is 0 Å². The smallest absolute Gasteiger partial charge is 0.149 e. The van der Waals surface area contributed by atoms with Crippen molar-refractivity contribution >= 4 is 46.2 Å². The molecule has 0 amide bonds. The van der Waals surface area contributed by atoms with Crippen molar-refractivity contribution in [3.05, 3.63) is 138 Å². The fraction of sp³-hybridized carbons (Fsp3) is 0.213. The average molecular weight is 683 g/mol. The van der Waals surface area contributed by atoms with Gasteiger partial charge in [0, 0.05) is 10.8 Å². The van der Waals surface area contributed by atoms with E-state index in [0.29, 0.717) is 0 Å². The first-order valence-corrected chi connectivity index (χ1v) is 21.8. The van der Waals surface area contributed by atoms with Gasteiger partial charge >= 0.3 is 0 Å². The van der Waals surface area contributed by atoms with E-state index in [4.69, 9.17) is 9.40 Å². The Hall–Kier alpha value is -5.19. The number of para-hydroxylation sites is 2. The zero-order valence-electron chi connectivity index (χ0n) is 31.0. The van der Waals surface area contributed by atoms with Gasteiger partial charge in [-0.1, -0.05) is 131 Å². The van der Waals surface area contributed by atoms with Crippen molar-refractivity contribution in [2.24, 2.45) is 0 Å². The monoisotopic (exact) mass is 682 g/mol. The molecule has 6 aromatic carbocycles. The minimum atomic E-state index is -1.40. The third-order valence-corrected chi connectivity index (χ3v) is 12.5. The molecular formula is C47H46N2OSi. The Morgan fingerprint density at radius 2 is 1.25 bits per heavy atom. The summed E-state index contributed by atoms with van der Waals surface area (Å²) in [6.07, 6.45) is 0. The molecular weight excluding hydrogens is 637 g/mol. The highest BCUT2D eigenvalue weighted by molar-refractivity contribution is 6.88.